The van der Waals surface area contributed by atoms with Gasteiger partial charge in [0.25, 0.3) is 10.0 Å². The molecule has 0 unspecified atom stereocenters. The Morgan fingerprint density at radius 2 is 1.87 bits per heavy atom. The summed E-state index contributed by atoms with van der Waals surface area (Å²) in [7, 11) is -3.77. The highest BCUT2D eigenvalue weighted by Crippen LogP contribution is 2.21. The number of Topliss-reactive ketones (excluding diaryl/α,β-unsaturated/α-hetero) is 1. The van der Waals surface area contributed by atoms with E-state index in [0.29, 0.717) is 24.5 Å². The van der Waals surface area contributed by atoms with Gasteiger partial charge >= 0.3 is 0 Å². The van der Waals surface area contributed by atoms with Crippen molar-refractivity contribution in [2.45, 2.75) is 25.3 Å². The molecule has 0 atom stereocenters. The van der Waals surface area contributed by atoms with Crippen molar-refractivity contribution < 1.29 is 17.9 Å². The molecule has 0 heterocycles. The van der Waals surface area contributed by atoms with Crippen molar-refractivity contribution in [2.24, 2.45) is 0 Å². The molecule has 0 aromatic heterocycles. The normalized spacial score (nSPS) is 11.2. The minimum Gasteiger partial charge on any atom is -0.377 e. The first kappa shape index (κ1) is 17.2. The van der Waals surface area contributed by atoms with E-state index in [1.807, 2.05) is 13.0 Å². The lowest BCUT2D eigenvalue weighted by Gasteiger charge is -2.13. The fourth-order valence-corrected chi connectivity index (χ4v) is 3.19. The number of carbonyl (C=O) groups excluding carboxylic acids is 1. The highest BCUT2D eigenvalue weighted by atomic mass is 32.2. The van der Waals surface area contributed by atoms with Crippen molar-refractivity contribution in [3.8, 4) is 0 Å². The number of nitrogens with one attached hydrogen (secondary N) is 1. The maximum atomic E-state index is 12.5. The maximum Gasteiger partial charge on any atom is 0.261 e. The van der Waals surface area contributed by atoms with E-state index in [1.165, 1.54) is 19.1 Å². The Hall–Kier alpha value is -2.18. The van der Waals surface area contributed by atoms with E-state index in [9.17, 15) is 13.2 Å². The van der Waals surface area contributed by atoms with Gasteiger partial charge in [0, 0.05) is 17.7 Å². The second-order valence-corrected chi connectivity index (χ2v) is 6.67. The van der Waals surface area contributed by atoms with Crippen LogP contribution in [0.3, 0.4) is 0 Å². The van der Waals surface area contributed by atoms with Crippen molar-refractivity contribution in [1.82, 2.24) is 0 Å². The van der Waals surface area contributed by atoms with Crippen LogP contribution >= 0.6 is 0 Å². The largest absolute Gasteiger partial charge is 0.377 e. The third-order valence-electron chi connectivity index (χ3n) is 3.27. The van der Waals surface area contributed by atoms with Crippen LogP contribution < -0.4 is 4.72 Å². The molecule has 0 saturated carbocycles. The zero-order chi connectivity index (χ0) is 16.9. The lowest BCUT2D eigenvalue weighted by Crippen LogP contribution is -2.15. The molecule has 0 aliphatic carbocycles. The zero-order valence-electron chi connectivity index (χ0n) is 13.1. The third kappa shape index (κ3) is 4.40. The summed E-state index contributed by atoms with van der Waals surface area (Å²) in [4.78, 5) is 11.5. The number of hydrogen-bond acceptors (Lipinski definition) is 4. The monoisotopic (exact) mass is 333 g/mol. The SMILES string of the molecule is CCOCc1ccccc1NS(=O)(=O)c1cccc(C(C)=O)c1. The van der Waals surface area contributed by atoms with Gasteiger partial charge < -0.3 is 4.74 Å². The first-order chi connectivity index (χ1) is 10.9. The second kappa shape index (κ2) is 7.39. The molecule has 1 N–H and O–H groups in total. The smallest absolute Gasteiger partial charge is 0.261 e. The quantitative estimate of drug-likeness (QED) is 0.790. The van der Waals surface area contributed by atoms with Gasteiger partial charge in [0.2, 0.25) is 0 Å². The predicted octanol–water partition coefficient (Wildman–Crippen LogP) is 3.23. The van der Waals surface area contributed by atoms with Crippen LogP contribution in [0.15, 0.2) is 53.4 Å². The van der Waals surface area contributed by atoms with Gasteiger partial charge in [0.1, 0.15) is 0 Å². The predicted molar refractivity (Wildman–Crippen MR) is 89.0 cm³/mol. The van der Waals surface area contributed by atoms with Gasteiger partial charge in [0.05, 0.1) is 17.2 Å². The van der Waals surface area contributed by atoms with Crippen molar-refractivity contribution in [2.75, 3.05) is 11.3 Å². The number of ether oxygens (including phenoxy) is 1. The van der Waals surface area contributed by atoms with E-state index in [0.717, 1.165) is 5.56 Å². The molecule has 0 amide bonds. The molecular weight excluding hydrogens is 314 g/mol. The molecule has 0 bridgehead atoms. The standard InChI is InChI=1S/C17H19NO4S/c1-3-22-12-15-7-4-5-10-17(15)18-23(20,21)16-9-6-8-14(11-16)13(2)19/h4-11,18H,3,12H2,1-2H3. The fraction of sp³-hybridized carbons (Fsp3) is 0.235. The van der Waals surface area contributed by atoms with E-state index >= 15 is 0 Å². The van der Waals surface area contributed by atoms with E-state index in [2.05, 4.69) is 4.72 Å². The first-order valence-electron chi connectivity index (χ1n) is 7.23. The summed E-state index contributed by atoms with van der Waals surface area (Å²) in [5, 5.41) is 0. The molecule has 23 heavy (non-hydrogen) atoms. The molecule has 0 fully saturated rings. The molecule has 0 radical (unpaired) electrons. The topological polar surface area (TPSA) is 72.5 Å². The van der Waals surface area contributed by atoms with Gasteiger partial charge in [-0.2, -0.15) is 0 Å². The highest BCUT2D eigenvalue weighted by Gasteiger charge is 2.17. The summed E-state index contributed by atoms with van der Waals surface area (Å²) < 4.78 is 33.0. The van der Waals surface area contributed by atoms with Crippen molar-refractivity contribution in [3.63, 3.8) is 0 Å². The number of para-hydroxylation sites is 1. The number of rotatable bonds is 7. The van der Waals surface area contributed by atoms with Gasteiger partial charge in [0.15, 0.2) is 5.78 Å². The Kier molecular flexibility index (Phi) is 5.52. The average Bonchev–Trinajstić information content (AvgIpc) is 2.54. The molecule has 122 valence electrons. The Balaban J connectivity index is 2.32. The second-order valence-electron chi connectivity index (χ2n) is 4.98. The van der Waals surface area contributed by atoms with Gasteiger partial charge in [-0.1, -0.05) is 30.3 Å². The highest BCUT2D eigenvalue weighted by molar-refractivity contribution is 7.92. The van der Waals surface area contributed by atoms with Crippen LogP contribution in [0.1, 0.15) is 29.8 Å². The number of hydrogen-bond donors (Lipinski definition) is 1. The van der Waals surface area contributed by atoms with Crippen LogP contribution in [-0.4, -0.2) is 20.8 Å². The Bertz CT molecular complexity index is 800. The Labute approximate surface area is 136 Å². The Morgan fingerprint density at radius 1 is 1.13 bits per heavy atom. The molecule has 0 spiro atoms. The molecule has 0 aliphatic rings. The van der Waals surface area contributed by atoms with Crippen LogP contribution in [0.25, 0.3) is 0 Å². The van der Waals surface area contributed by atoms with Gasteiger partial charge in [-0.3, -0.25) is 9.52 Å². The zero-order valence-corrected chi connectivity index (χ0v) is 13.9. The summed E-state index contributed by atoms with van der Waals surface area (Å²) in [6.45, 7) is 4.14. The molecule has 0 saturated heterocycles. The first-order valence-corrected chi connectivity index (χ1v) is 8.72. The van der Waals surface area contributed by atoms with Crippen molar-refractivity contribution >= 4 is 21.5 Å². The van der Waals surface area contributed by atoms with E-state index in [-0.39, 0.29) is 10.7 Å². The van der Waals surface area contributed by atoms with Crippen LogP contribution in [0.4, 0.5) is 5.69 Å². The van der Waals surface area contributed by atoms with E-state index < -0.39 is 10.0 Å². The maximum absolute atomic E-state index is 12.5. The molecule has 0 aliphatic heterocycles. The third-order valence-corrected chi connectivity index (χ3v) is 4.64. The summed E-state index contributed by atoms with van der Waals surface area (Å²) in [5.41, 5.74) is 1.57. The number of anilines is 1. The summed E-state index contributed by atoms with van der Waals surface area (Å²) >= 11 is 0. The van der Waals surface area contributed by atoms with Gasteiger partial charge in [-0.15, -0.1) is 0 Å². The molecule has 2 aromatic rings. The van der Waals surface area contributed by atoms with Crippen molar-refractivity contribution in [1.29, 1.82) is 0 Å². The number of sulfonamides is 1. The van der Waals surface area contributed by atoms with Crippen LogP contribution in [0.2, 0.25) is 0 Å². The summed E-state index contributed by atoms with van der Waals surface area (Å²) in [6, 6.07) is 13.0. The Morgan fingerprint density at radius 3 is 2.57 bits per heavy atom. The molecular formula is C17H19NO4S. The molecule has 6 heteroatoms. The van der Waals surface area contributed by atoms with Crippen LogP contribution in [0.5, 0.6) is 0 Å². The minimum absolute atomic E-state index is 0.0522. The number of benzene rings is 2. The fourth-order valence-electron chi connectivity index (χ4n) is 2.04. The molecule has 2 aromatic carbocycles. The number of ketones is 1. The summed E-state index contributed by atoms with van der Waals surface area (Å²) in [5.74, 6) is -0.182. The van der Waals surface area contributed by atoms with E-state index in [4.69, 9.17) is 4.74 Å². The average molecular weight is 333 g/mol. The van der Waals surface area contributed by atoms with Gasteiger partial charge in [-0.05, 0) is 32.0 Å². The number of carbonyl (C=O) groups is 1. The van der Waals surface area contributed by atoms with Crippen LogP contribution in [-0.2, 0) is 21.4 Å². The summed E-state index contributed by atoms with van der Waals surface area (Å²) in [6.07, 6.45) is 0. The molecule has 2 rings (SSSR count). The molecule has 5 nitrogen and oxygen atoms in total. The van der Waals surface area contributed by atoms with Gasteiger partial charge in [-0.25, -0.2) is 8.42 Å². The van der Waals surface area contributed by atoms with Crippen LogP contribution in [0, 0.1) is 0 Å². The lowest BCUT2D eigenvalue weighted by molar-refractivity contribution is 0.101. The van der Waals surface area contributed by atoms with Crippen molar-refractivity contribution in [3.05, 3.63) is 59.7 Å². The van der Waals surface area contributed by atoms with E-state index in [1.54, 1.807) is 30.3 Å². The lowest BCUT2D eigenvalue weighted by atomic mass is 10.2. The minimum atomic E-state index is -3.77.